The summed E-state index contributed by atoms with van der Waals surface area (Å²) in [5.74, 6) is 0.0327. The van der Waals surface area contributed by atoms with Gasteiger partial charge in [-0.3, -0.25) is 24.4 Å². The number of aromatic nitrogens is 3. The average Bonchev–Trinajstić information content (AvgIpc) is 3.38. The first-order valence-corrected chi connectivity index (χ1v) is 14.9. The molecule has 12 heteroatoms. The van der Waals surface area contributed by atoms with Crippen LogP contribution in [0.1, 0.15) is 57.2 Å². The second kappa shape index (κ2) is 12.7. The van der Waals surface area contributed by atoms with Crippen molar-refractivity contribution in [3.63, 3.8) is 0 Å². The third kappa shape index (κ3) is 6.76. The van der Waals surface area contributed by atoms with Crippen molar-refractivity contribution < 1.29 is 22.7 Å². The maximum Gasteiger partial charge on any atom is 0.401 e. The Kier molecular flexibility index (Phi) is 9.09. The number of rotatable bonds is 8. The van der Waals surface area contributed by atoms with Crippen LogP contribution >= 0.6 is 0 Å². The maximum atomic E-state index is 13.9. The molecule has 1 aliphatic rings. The molecule has 9 nitrogen and oxygen atoms in total. The molecule has 0 bridgehead atoms. The molecule has 5 heterocycles. The minimum absolute atomic E-state index is 0.0385. The van der Waals surface area contributed by atoms with Crippen molar-refractivity contribution in [2.45, 2.75) is 53.4 Å². The van der Waals surface area contributed by atoms with Gasteiger partial charge in [-0.15, -0.1) is 0 Å². The average molecular weight is 625 g/mol. The Morgan fingerprint density at radius 1 is 1.07 bits per heavy atom. The van der Waals surface area contributed by atoms with E-state index in [-0.39, 0.29) is 24.1 Å². The number of halogens is 3. The molecule has 0 aliphatic carbocycles. The van der Waals surface area contributed by atoms with Gasteiger partial charge in [-0.05, 0) is 64.4 Å². The molecule has 240 valence electrons. The summed E-state index contributed by atoms with van der Waals surface area (Å²) in [7, 11) is 1.48. The van der Waals surface area contributed by atoms with Crippen molar-refractivity contribution >= 4 is 11.4 Å². The molecule has 5 rings (SSSR count). The third-order valence-electron chi connectivity index (χ3n) is 8.64. The van der Waals surface area contributed by atoms with E-state index < -0.39 is 12.7 Å². The molecule has 0 radical (unpaired) electrons. The van der Waals surface area contributed by atoms with Gasteiger partial charge in [0.15, 0.2) is 0 Å². The van der Waals surface area contributed by atoms with Gasteiger partial charge in [-0.25, -0.2) is 0 Å². The highest BCUT2D eigenvalue weighted by Gasteiger charge is 2.34. The Morgan fingerprint density at radius 3 is 2.42 bits per heavy atom. The van der Waals surface area contributed by atoms with Gasteiger partial charge in [0, 0.05) is 77.9 Å². The number of methoxy groups -OCH3 is 1. The first-order valence-electron chi connectivity index (χ1n) is 14.9. The van der Waals surface area contributed by atoms with Crippen LogP contribution in [0.5, 0.6) is 5.75 Å². The largest absolute Gasteiger partial charge is 0.496 e. The predicted molar refractivity (Wildman–Crippen MR) is 167 cm³/mol. The second-order valence-electron chi connectivity index (χ2n) is 11.8. The number of fused-ring (bicyclic) bond motifs is 1. The number of hydrogen-bond donors (Lipinski definition) is 2. The molecule has 2 N–H and O–H groups in total. The molecule has 0 spiro atoms. The van der Waals surface area contributed by atoms with Crippen molar-refractivity contribution in [1.82, 2.24) is 29.5 Å². The number of H-pyrrole nitrogens is 1. The molecule has 4 aromatic rings. The van der Waals surface area contributed by atoms with Crippen LogP contribution in [-0.2, 0) is 6.54 Å². The summed E-state index contributed by atoms with van der Waals surface area (Å²) in [6.07, 6.45) is -2.27. The zero-order chi connectivity index (χ0) is 32.6. The molecule has 1 saturated heterocycles. The van der Waals surface area contributed by atoms with E-state index in [1.807, 2.05) is 58.2 Å². The third-order valence-corrected chi connectivity index (χ3v) is 8.64. The number of carbonyl (C=O) groups is 1. The van der Waals surface area contributed by atoms with E-state index in [1.54, 1.807) is 13.0 Å². The SMILES string of the molecule is COc1cc(C)[nH]c(=O)c1CNC(=O)c1cc2c(-c3ccc(C)nc3C)ccn2c([C@@H](C)N2CCN(CC(F)(F)F)CC2)c1C. The number of aryl methyl sites for hydroxylation is 3. The Labute approximate surface area is 260 Å². The lowest BCUT2D eigenvalue weighted by Crippen LogP contribution is -2.49. The van der Waals surface area contributed by atoms with Crippen LogP contribution in [0.25, 0.3) is 16.6 Å². The van der Waals surface area contributed by atoms with Gasteiger partial charge in [-0.2, -0.15) is 13.2 Å². The minimum Gasteiger partial charge on any atom is -0.496 e. The van der Waals surface area contributed by atoms with E-state index in [9.17, 15) is 22.8 Å². The summed E-state index contributed by atoms with van der Waals surface area (Å²) < 4.78 is 46.6. The fourth-order valence-corrected chi connectivity index (χ4v) is 6.35. The van der Waals surface area contributed by atoms with Gasteiger partial charge in [0.05, 0.1) is 31.3 Å². The first-order chi connectivity index (χ1) is 21.3. The van der Waals surface area contributed by atoms with Crippen molar-refractivity contribution in [3.05, 3.63) is 86.3 Å². The smallest absolute Gasteiger partial charge is 0.401 e. The highest BCUT2D eigenvalue weighted by molar-refractivity contribution is 5.98. The van der Waals surface area contributed by atoms with E-state index in [0.29, 0.717) is 48.7 Å². The van der Waals surface area contributed by atoms with Crippen LogP contribution in [-0.4, -0.2) is 76.1 Å². The summed E-state index contributed by atoms with van der Waals surface area (Å²) in [4.78, 5) is 37.5. The number of pyridine rings is 3. The summed E-state index contributed by atoms with van der Waals surface area (Å²) >= 11 is 0. The van der Waals surface area contributed by atoms with E-state index in [1.165, 1.54) is 12.0 Å². The van der Waals surface area contributed by atoms with Crippen LogP contribution < -0.4 is 15.6 Å². The molecule has 4 aromatic heterocycles. The predicted octanol–water partition coefficient (Wildman–Crippen LogP) is 5.10. The molecule has 45 heavy (non-hydrogen) atoms. The van der Waals surface area contributed by atoms with E-state index in [4.69, 9.17) is 4.74 Å². The number of nitrogens with zero attached hydrogens (tertiary/aromatic N) is 4. The quantitative estimate of drug-likeness (QED) is 0.283. The van der Waals surface area contributed by atoms with Crippen molar-refractivity contribution in [3.8, 4) is 16.9 Å². The number of aromatic amines is 1. The van der Waals surface area contributed by atoms with Crippen molar-refractivity contribution in [1.29, 1.82) is 0 Å². The lowest BCUT2D eigenvalue weighted by molar-refractivity contribution is -0.149. The molecule has 1 atom stereocenters. The molecule has 1 aliphatic heterocycles. The van der Waals surface area contributed by atoms with Crippen LogP contribution in [0.4, 0.5) is 13.2 Å². The second-order valence-corrected chi connectivity index (χ2v) is 11.8. The van der Waals surface area contributed by atoms with Crippen LogP contribution in [0.15, 0.2) is 41.3 Å². The van der Waals surface area contributed by atoms with Gasteiger partial charge in [0.2, 0.25) is 0 Å². The number of hydrogen-bond acceptors (Lipinski definition) is 6. The van der Waals surface area contributed by atoms with Gasteiger partial charge < -0.3 is 19.4 Å². The van der Waals surface area contributed by atoms with Crippen LogP contribution in [0, 0.1) is 27.7 Å². The summed E-state index contributed by atoms with van der Waals surface area (Å²) in [6.45, 7) is 10.1. The molecular weight excluding hydrogens is 585 g/mol. The summed E-state index contributed by atoms with van der Waals surface area (Å²) in [5.41, 5.74) is 7.10. The molecule has 1 fully saturated rings. The number of nitrogens with one attached hydrogen (secondary N) is 2. The van der Waals surface area contributed by atoms with E-state index >= 15 is 0 Å². The topological polar surface area (TPSA) is 95.0 Å². The van der Waals surface area contributed by atoms with Gasteiger partial charge in [0.1, 0.15) is 5.75 Å². The monoisotopic (exact) mass is 624 g/mol. The standard InChI is InChI=1S/C33H39F3N6O3/c1-19-7-8-24(22(4)38-19)25-9-10-42-28(25)16-26(31(43)37-17-27-29(45-6)15-20(2)39-32(27)44)21(3)30(42)23(5)41-13-11-40(12-14-41)18-33(34,35)36/h7-10,15-16,23H,11-14,17-18H2,1-6H3,(H,37,43)(H,39,44)/t23-/m1/s1. The Bertz CT molecular complexity index is 1790. The zero-order valence-corrected chi connectivity index (χ0v) is 26.4. The number of alkyl halides is 3. The fraction of sp³-hybridized carbons (Fsp3) is 0.424. The van der Waals surface area contributed by atoms with E-state index in [2.05, 4.69) is 24.6 Å². The highest BCUT2D eigenvalue weighted by Crippen LogP contribution is 2.35. The highest BCUT2D eigenvalue weighted by atomic mass is 19.4. The van der Waals surface area contributed by atoms with Gasteiger partial charge >= 0.3 is 6.18 Å². The number of ether oxygens (including phenoxy) is 1. The van der Waals surface area contributed by atoms with E-state index in [0.717, 1.165) is 39.3 Å². The molecule has 0 unspecified atom stereocenters. The van der Waals surface area contributed by atoms with Crippen molar-refractivity contribution in [2.75, 3.05) is 39.8 Å². The Morgan fingerprint density at radius 2 is 1.78 bits per heavy atom. The molecule has 0 saturated carbocycles. The molecular formula is C33H39F3N6O3. The lowest BCUT2D eigenvalue weighted by atomic mass is 9.98. The maximum absolute atomic E-state index is 13.9. The van der Waals surface area contributed by atoms with Gasteiger partial charge in [0.25, 0.3) is 11.5 Å². The Hall–Kier alpha value is -4.16. The summed E-state index contributed by atoms with van der Waals surface area (Å²) in [5, 5.41) is 2.91. The lowest BCUT2D eigenvalue weighted by Gasteiger charge is -2.39. The zero-order valence-electron chi connectivity index (χ0n) is 26.4. The number of carbonyl (C=O) groups excluding carboxylic acids is 1. The van der Waals surface area contributed by atoms with Crippen molar-refractivity contribution in [2.24, 2.45) is 0 Å². The molecule has 0 aromatic carbocycles. The molecule has 1 amide bonds. The minimum atomic E-state index is -4.24. The van der Waals surface area contributed by atoms with Crippen LogP contribution in [0.3, 0.4) is 0 Å². The normalized spacial score (nSPS) is 15.4. The van der Waals surface area contributed by atoms with Crippen LogP contribution in [0.2, 0.25) is 0 Å². The number of piperazine rings is 1. The van der Waals surface area contributed by atoms with Gasteiger partial charge in [-0.1, -0.05) is 6.07 Å². The number of amides is 1. The fourth-order valence-electron chi connectivity index (χ4n) is 6.35. The first kappa shape index (κ1) is 32.2. The summed E-state index contributed by atoms with van der Waals surface area (Å²) in [6, 6.07) is 9.33. The Balaban J connectivity index is 1.55.